The van der Waals surface area contributed by atoms with E-state index in [4.69, 9.17) is 0 Å². The lowest BCUT2D eigenvalue weighted by Crippen LogP contribution is -2.27. The molecule has 2 N–H and O–H groups in total. The fraction of sp³-hybridized carbons (Fsp3) is 0.742. The summed E-state index contributed by atoms with van der Waals surface area (Å²) in [6.07, 6.45) is 11.3. The molecule has 2 heterocycles. The quantitative estimate of drug-likeness (QED) is 0.230. The van der Waals surface area contributed by atoms with Crippen LogP contribution in [0.1, 0.15) is 125 Å². The minimum atomic E-state index is -0.829. The molecule has 2 aromatic rings. The molecule has 35 heavy (non-hydrogen) atoms. The van der Waals surface area contributed by atoms with Gasteiger partial charge in [0.1, 0.15) is 5.75 Å². The van der Waals surface area contributed by atoms with E-state index in [-0.39, 0.29) is 0 Å². The molecule has 0 saturated heterocycles. The summed E-state index contributed by atoms with van der Waals surface area (Å²) >= 11 is 3.20. The van der Waals surface area contributed by atoms with Crippen LogP contribution in [-0.2, 0) is 5.60 Å². The normalized spacial score (nSPS) is 15.1. The summed E-state index contributed by atoms with van der Waals surface area (Å²) in [5.74, 6) is 3.10. The molecule has 0 aliphatic rings. The number of aromatic hydroxyl groups is 1. The molecular formula is C31H54O2S2. The monoisotopic (exact) mass is 522 g/mol. The molecule has 202 valence electrons. The lowest BCUT2D eigenvalue weighted by atomic mass is 9.80. The summed E-state index contributed by atoms with van der Waals surface area (Å²) in [6.45, 7) is 17.9. The largest absolute Gasteiger partial charge is 0.506 e. The summed E-state index contributed by atoms with van der Waals surface area (Å²) in [7, 11) is 0. The van der Waals surface area contributed by atoms with Crippen molar-refractivity contribution in [3.63, 3.8) is 0 Å². The molecule has 0 radical (unpaired) electrons. The van der Waals surface area contributed by atoms with E-state index in [9.17, 15) is 10.2 Å². The second kappa shape index (κ2) is 16.8. The van der Waals surface area contributed by atoms with Crippen LogP contribution in [0.5, 0.6) is 5.75 Å². The SMILES string of the molecule is CC.CC(C)CCCC(C)CCC(O)(CCC(C)CCCC(C)C)c1ccsc1-c1sccc1O. The lowest BCUT2D eigenvalue weighted by molar-refractivity contribution is 0.00749. The smallest absolute Gasteiger partial charge is 0.135 e. The van der Waals surface area contributed by atoms with Crippen molar-refractivity contribution in [3.8, 4) is 15.5 Å². The number of thiophene rings is 2. The highest BCUT2D eigenvalue weighted by Crippen LogP contribution is 2.46. The Balaban J connectivity index is 0.00000298. The first-order valence-corrected chi connectivity index (χ1v) is 16.0. The topological polar surface area (TPSA) is 40.5 Å². The van der Waals surface area contributed by atoms with E-state index in [2.05, 4.69) is 53.0 Å². The second-order valence-corrected chi connectivity index (χ2v) is 13.1. The maximum Gasteiger partial charge on any atom is 0.135 e. The van der Waals surface area contributed by atoms with Crippen LogP contribution in [0.2, 0.25) is 0 Å². The van der Waals surface area contributed by atoms with Crippen LogP contribution in [0.15, 0.2) is 22.9 Å². The van der Waals surface area contributed by atoms with Gasteiger partial charge in [-0.15, -0.1) is 22.7 Å². The van der Waals surface area contributed by atoms with Gasteiger partial charge in [0.05, 0.1) is 15.4 Å². The van der Waals surface area contributed by atoms with E-state index in [1.54, 1.807) is 28.7 Å². The van der Waals surface area contributed by atoms with Crippen LogP contribution in [0.25, 0.3) is 9.75 Å². The molecular weight excluding hydrogens is 468 g/mol. The average molecular weight is 523 g/mol. The van der Waals surface area contributed by atoms with E-state index in [0.717, 1.165) is 52.8 Å². The highest BCUT2D eigenvalue weighted by atomic mass is 32.1. The molecule has 0 aromatic carbocycles. The van der Waals surface area contributed by atoms with Crippen LogP contribution < -0.4 is 0 Å². The molecule has 0 saturated carbocycles. The maximum atomic E-state index is 12.1. The molecule has 2 aromatic heterocycles. The average Bonchev–Trinajstić information content (AvgIpc) is 3.46. The molecule has 2 unspecified atom stereocenters. The predicted molar refractivity (Wildman–Crippen MR) is 159 cm³/mol. The van der Waals surface area contributed by atoms with Gasteiger partial charge in [0.15, 0.2) is 0 Å². The molecule has 2 nitrogen and oxygen atoms in total. The zero-order valence-corrected chi connectivity index (χ0v) is 25.5. The second-order valence-electron chi connectivity index (χ2n) is 11.3. The first kappa shape index (κ1) is 32.2. The predicted octanol–water partition coefficient (Wildman–Crippen LogP) is 10.9. The zero-order chi connectivity index (χ0) is 26.4. The van der Waals surface area contributed by atoms with Gasteiger partial charge in [0.25, 0.3) is 0 Å². The van der Waals surface area contributed by atoms with E-state index in [0.29, 0.717) is 17.6 Å². The standard InChI is InChI=1S/C29H48O2S2.C2H6/c1-21(2)9-7-11-23(5)13-17-29(31,18-14-24(6)12-8-10-22(3)4)25-15-19-32-27(25)28-26(30)16-20-33-28;1-2/h15-16,19-24,30-31H,7-14,17-18H2,1-6H3;1-2H3. The van der Waals surface area contributed by atoms with Crippen LogP contribution in [0.3, 0.4) is 0 Å². The Labute approximate surface area is 225 Å². The molecule has 0 fully saturated rings. The Morgan fingerprint density at radius 2 is 1.14 bits per heavy atom. The van der Waals surface area contributed by atoms with Crippen molar-refractivity contribution in [1.82, 2.24) is 0 Å². The van der Waals surface area contributed by atoms with Gasteiger partial charge in [-0.3, -0.25) is 0 Å². The first-order chi connectivity index (χ1) is 16.6. The van der Waals surface area contributed by atoms with Gasteiger partial charge in [-0.25, -0.2) is 0 Å². The van der Waals surface area contributed by atoms with Crippen molar-refractivity contribution in [3.05, 3.63) is 28.5 Å². The third-order valence-corrected chi connectivity index (χ3v) is 9.06. The highest BCUT2D eigenvalue weighted by molar-refractivity contribution is 7.20. The van der Waals surface area contributed by atoms with E-state index in [1.807, 2.05) is 19.2 Å². The van der Waals surface area contributed by atoms with Gasteiger partial charge in [-0.05, 0) is 72.2 Å². The fourth-order valence-corrected chi connectivity index (χ4v) is 6.69. The summed E-state index contributed by atoms with van der Waals surface area (Å²) < 4.78 is 0. The molecule has 2 rings (SSSR count). The van der Waals surface area contributed by atoms with Gasteiger partial charge in [-0.1, -0.05) is 93.9 Å². The van der Waals surface area contributed by atoms with Crippen molar-refractivity contribution in [2.24, 2.45) is 23.7 Å². The Kier molecular flexibility index (Phi) is 15.5. The van der Waals surface area contributed by atoms with E-state index >= 15 is 0 Å². The van der Waals surface area contributed by atoms with Crippen LogP contribution in [-0.4, -0.2) is 10.2 Å². The van der Waals surface area contributed by atoms with Crippen molar-refractivity contribution in [2.75, 3.05) is 0 Å². The molecule has 2 atom stereocenters. The molecule has 0 bridgehead atoms. The maximum absolute atomic E-state index is 12.1. The van der Waals surface area contributed by atoms with Gasteiger partial charge in [-0.2, -0.15) is 0 Å². The van der Waals surface area contributed by atoms with Crippen LogP contribution >= 0.6 is 22.7 Å². The van der Waals surface area contributed by atoms with Gasteiger partial charge in [0.2, 0.25) is 0 Å². The van der Waals surface area contributed by atoms with Gasteiger partial charge >= 0.3 is 0 Å². The number of hydrogen-bond donors (Lipinski definition) is 2. The zero-order valence-electron chi connectivity index (χ0n) is 23.9. The molecule has 0 amide bonds. The van der Waals surface area contributed by atoms with Gasteiger partial charge in [0, 0.05) is 5.56 Å². The van der Waals surface area contributed by atoms with Crippen LogP contribution in [0, 0.1) is 23.7 Å². The Morgan fingerprint density at radius 3 is 1.57 bits per heavy atom. The van der Waals surface area contributed by atoms with Crippen molar-refractivity contribution >= 4 is 22.7 Å². The van der Waals surface area contributed by atoms with Crippen molar-refractivity contribution < 1.29 is 10.2 Å². The Hall–Kier alpha value is -0.840. The molecule has 0 aliphatic heterocycles. The molecule has 0 aliphatic carbocycles. The Morgan fingerprint density at radius 1 is 0.686 bits per heavy atom. The molecule has 4 heteroatoms. The van der Waals surface area contributed by atoms with Gasteiger partial charge < -0.3 is 10.2 Å². The summed E-state index contributed by atoms with van der Waals surface area (Å²) in [5.41, 5.74) is 0.193. The summed E-state index contributed by atoms with van der Waals surface area (Å²) in [4.78, 5) is 1.94. The van der Waals surface area contributed by atoms with Crippen molar-refractivity contribution in [2.45, 2.75) is 125 Å². The highest BCUT2D eigenvalue weighted by Gasteiger charge is 2.34. The third-order valence-electron chi connectivity index (χ3n) is 7.08. The summed E-state index contributed by atoms with van der Waals surface area (Å²) in [5, 5.41) is 26.5. The fourth-order valence-electron chi connectivity index (χ4n) is 4.73. The summed E-state index contributed by atoms with van der Waals surface area (Å²) in [6, 6.07) is 3.86. The lowest BCUT2D eigenvalue weighted by Gasteiger charge is -2.31. The van der Waals surface area contributed by atoms with Crippen LogP contribution in [0.4, 0.5) is 0 Å². The molecule has 0 spiro atoms. The minimum absolute atomic E-state index is 0.329. The minimum Gasteiger partial charge on any atom is -0.506 e. The number of hydrogen-bond acceptors (Lipinski definition) is 4. The number of rotatable bonds is 16. The van der Waals surface area contributed by atoms with E-state index < -0.39 is 5.60 Å². The third kappa shape index (κ3) is 11.4. The van der Waals surface area contributed by atoms with E-state index in [1.165, 1.54) is 38.5 Å². The van der Waals surface area contributed by atoms with Crippen molar-refractivity contribution in [1.29, 1.82) is 0 Å². The first-order valence-electron chi connectivity index (χ1n) is 14.2. The number of aliphatic hydroxyl groups is 1. The Bertz CT molecular complexity index is 766.